The third-order valence-corrected chi connectivity index (χ3v) is 6.08. The van der Waals surface area contributed by atoms with E-state index >= 15 is 0 Å². The van der Waals surface area contributed by atoms with Crippen molar-refractivity contribution < 1.29 is 27.6 Å². The van der Waals surface area contributed by atoms with Gasteiger partial charge < -0.3 is 15.5 Å². The highest BCUT2D eigenvalue weighted by Crippen LogP contribution is 2.32. The van der Waals surface area contributed by atoms with Crippen molar-refractivity contribution >= 4 is 23.5 Å². The van der Waals surface area contributed by atoms with Crippen LogP contribution in [-0.2, 0) is 28.7 Å². The fourth-order valence-corrected chi connectivity index (χ4v) is 4.19. The number of benzene rings is 2. The molecule has 7 nitrogen and oxygen atoms in total. The van der Waals surface area contributed by atoms with E-state index in [1.165, 1.54) is 25.1 Å². The van der Waals surface area contributed by atoms with E-state index in [9.17, 15) is 27.6 Å². The van der Waals surface area contributed by atoms with E-state index in [-0.39, 0.29) is 23.3 Å². The van der Waals surface area contributed by atoms with Gasteiger partial charge in [0, 0.05) is 20.0 Å². The van der Waals surface area contributed by atoms with Gasteiger partial charge in [0.1, 0.15) is 17.6 Å². The number of alkyl halides is 3. The molecule has 0 saturated heterocycles. The average Bonchev–Trinajstić information content (AvgIpc) is 2.87. The van der Waals surface area contributed by atoms with Crippen molar-refractivity contribution in [1.29, 1.82) is 0 Å². The fraction of sp³-hybridized carbons (Fsp3) is 0.259. The van der Waals surface area contributed by atoms with Crippen LogP contribution < -0.4 is 10.6 Å². The second-order valence-corrected chi connectivity index (χ2v) is 8.85. The van der Waals surface area contributed by atoms with Gasteiger partial charge >= 0.3 is 6.18 Å². The Hall–Kier alpha value is -4.21. The first kappa shape index (κ1) is 25.9. The maximum absolute atomic E-state index is 13.1. The summed E-state index contributed by atoms with van der Waals surface area (Å²) in [5.41, 5.74) is 2.73. The number of fused-ring (bicyclic) bond motifs is 1. The Kier molecular flexibility index (Phi) is 7.28. The summed E-state index contributed by atoms with van der Waals surface area (Å²) in [6.07, 6.45) is -3.78. The number of hydrogen-bond donors (Lipinski definition) is 2. The molecule has 3 aromatic rings. The van der Waals surface area contributed by atoms with Crippen LogP contribution in [0.4, 0.5) is 19.0 Å². The second-order valence-electron chi connectivity index (χ2n) is 8.85. The predicted molar refractivity (Wildman–Crippen MR) is 131 cm³/mol. The summed E-state index contributed by atoms with van der Waals surface area (Å²) in [5, 5.41) is 5.16. The Morgan fingerprint density at radius 2 is 1.68 bits per heavy atom. The van der Waals surface area contributed by atoms with Crippen molar-refractivity contribution in [1.82, 2.24) is 15.2 Å². The lowest BCUT2D eigenvalue weighted by molar-refractivity contribution is -0.137. The minimum absolute atomic E-state index is 0.0658. The molecule has 0 bridgehead atoms. The SMILES string of the molecule is CC(=O)Nc1cccc(C(=O)N[C@H](C)C(=O)N2CCc3ccc(-c4ccc(C(F)(F)F)cc4)cc3C2)n1. The number of carbonyl (C=O) groups excluding carboxylic acids is 3. The van der Waals surface area contributed by atoms with Crippen LogP contribution in [0.2, 0.25) is 0 Å². The Labute approximate surface area is 211 Å². The summed E-state index contributed by atoms with van der Waals surface area (Å²) in [4.78, 5) is 42.7. The van der Waals surface area contributed by atoms with Crippen molar-refractivity contribution in [2.75, 3.05) is 11.9 Å². The van der Waals surface area contributed by atoms with Crippen LogP contribution in [0.1, 0.15) is 41.0 Å². The average molecular weight is 511 g/mol. The standard InChI is InChI=1S/C27H25F3N4O3/c1-16(31-25(36)23-4-3-5-24(33-23)32-17(2)35)26(37)34-13-12-19-6-7-20(14-21(19)15-34)18-8-10-22(11-9-18)27(28,29)30/h3-11,14,16H,12-13,15H2,1-2H3,(H,31,36)(H,32,33,35)/t16-/m1/s1. The lowest BCUT2D eigenvalue weighted by Crippen LogP contribution is -2.48. The lowest BCUT2D eigenvalue weighted by Gasteiger charge is -2.31. The van der Waals surface area contributed by atoms with Gasteiger partial charge in [0.05, 0.1) is 5.56 Å². The topological polar surface area (TPSA) is 91.4 Å². The molecular weight excluding hydrogens is 485 g/mol. The molecule has 37 heavy (non-hydrogen) atoms. The first-order valence-electron chi connectivity index (χ1n) is 11.6. The normalized spacial score (nSPS) is 13.9. The third-order valence-electron chi connectivity index (χ3n) is 6.08. The van der Waals surface area contributed by atoms with E-state index in [4.69, 9.17) is 0 Å². The van der Waals surface area contributed by atoms with Gasteiger partial charge in [-0.05, 0) is 65.9 Å². The van der Waals surface area contributed by atoms with E-state index in [1.54, 1.807) is 24.0 Å². The molecule has 1 aromatic heterocycles. The van der Waals surface area contributed by atoms with Gasteiger partial charge in [0.15, 0.2) is 0 Å². The van der Waals surface area contributed by atoms with Crippen LogP contribution in [-0.4, -0.2) is 40.2 Å². The van der Waals surface area contributed by atoms with Crippen LogP contribution in [0.25, 0.3) is 11.1 Å². The molecule has 1 aliphatic heterocycles. The first-order valence-corrected chi connectivity index (χ1v) is 11.6. The Morgan fingerprint density at radius 1 is 0.973 bits per heavy atom. The Bertz CT molecular complexity index is 1340. The minimum Gasteiger partial charge on any atom is -0.339 e. The van der Waals surface area contributed by atoms with Crippen molar-refractivity contribution in [3.05, 3.63) is 83.0 Å². The Balaban J connectivity index is 1.43. The smallest absolute Gasteiger partial charge is 0.339 e. The number of aromatic nitrogens is 1. The van der Waals surface area contributed by atoms with Gasteiger partial charge in [-0.15, -0.1) is 0 Å². The Morgan fingerprint density at radius 3 is 2.35 bits per heavy atom. The number of carbonyl (C=O) groups is 3. The van der Waals surface area contributed by atoms with Crippen LogP contribution in [0.15, 0.2) is 60.7 Å². The van der Waals surface area contributed by atoms with Crippen LogP contribution in [0.5, 0.6) is 0 Å². The molecule has 2 heterocycles. The number of anilines is 1. The molecular formula is C27H25F3N4O3. The van der Waals surface area contributed by atoms with Crippen molar-refractivity contribution in [3.63, 3.8) is 0 Å². The maximum atomic E-state index is 13.1. The molecule has 0 fully saturated rings. The first-order chi connectivity index (χ1) is 17.5. The highest BCUT2D eigenvalue weighted by molar-refractivity contribution is 5.97. The van der Waals surface area contributed by atoms with Gasteiger partial charge in [-0.1, -0.05) is 30.3 Å². The summed E-state index contributed by atoms with van der Waals surface area (Å²) in [7, 11) is 0. The zero-order valence-corrected chi connectivity index (χ0v) is 20.2. The van der Waals surface area contributed by atoms with E-state index in [0.29, 0.717) is 25.1 Å². The summed E-state index contributed by atoms with van der Waals surface area (Å²) in [5.74, 6) is -0.900. The van der Waals surface area contributed by atoms with Crippen molar-refractivity contribution in [2.24, 2.45) is 0 Å². The molecule has 10 heteroatoms. The predicted octanol–water partition coefficient (Wildman–Crippen LogP) is 4.43. The number of halogens is 3. The van der Waals surface area contributed by atoms with E-state index in [0.717, 1.165) is 28.8 Å². The van der Waals surface area contributed by atoms with E-state index in [1.807, 2.05) is 18.2 Å². The van der Waals surface area contributed by atoms with E-state index in [2.05, 4.69) is 15.6 Å². The molecule has 0 saturated carbocycles. The monoisotopic (exact) mass is 510 g/mol. The molecule has 2 aromatic carbocycles. The zero-order chi connectivity index (χ0) is 26.7. The number of nitrogens with one attached hydrogen (secondary N) is 2. The summed E-state index contributed by atoms with van der Waals surface area (Å²) < 4.78 is 38.7. The van der Waals surface area contributed by atoms with Gasteiger partial charge in [0.25, 0.3) is 5.91 Å². The van der Waals surface area contributed by atoms with Gasteiger partial charge in [-0.2, -0.15) is 13.2 Å². The molecule has 0 unspecified atom stereocenters. The third kappa shape index (κ3) is 6.14. The lowest BCUT2D eigenvalue weighted by atomic mass is 9.94. The number of nitrogens with zero attached hydrogens (tertiary/aromatic N) is 2. The highest BCUT2D eigenvalue weighted by atomic mass is 19.4. The fourth-order valence-electron chi connectivity index (χ4n) is 4.19. The maximum Gasteiger partial charge on any atom is 0.416 e. The summed E-state index contributed by atoms with van der Waals surface area (Å²) in [6.45, 7) is 3.71. The summed E-state index contributed by atoms with van der Waals surface area (Å²) >= 11 is 0. The van der Waals surface area contributed by atoms with Crippen molar-refractivity contribution in [2.45, 2.75) is 39.0 Å². The van der Waals surface area contributed by atoms with Crippen molar-refractivity contribution in [3.8, 4) is 11.1 Å². The number of amides is 3. The number of pyridine rings is 1. The van der Waals surface area contributed by atoms with Gasteiger partial charge in [0.2, 0.25) is 11.8 Å². The van der Waals surface area contributed by atoms with Crippen LogP contribution in [0.3, 0.4) is 0 Å². The highest BCUT2D eigenvalue weighted by Gasteiger charge is 2.30. The molecule has 3 amide bonds. The number of hydrogen-bond acceptors (Lipinski definition) is 4. The zero-order valence-electron chi connectivity index (χ0n) is 20.2. The molecule has 2 N–H and O–H groups in total. The molecule has 0 aliphatic carbocycles. The minimum atomic E-state index is -4.40. The number of rotatable bonds is 5. The largest absolute Gasteiger partial charge is 0.416 e. The molecule has 4 rings (SSSR count). The molecule has 0 radical (unpaired) electrons. The van der Waals surface area contributed by atoms with Gasteiger partial charge in [-0.3, -0.25) is 14.4 Å². The van der Waals surface area contributed by atoms with Gasteiger partial charge in [-0.25, -0.2) is 4.98 Å². The van der Waals surface area contributed by atoms with Crippen LogP contribution in [0, 0.1) is 0 Å². The molecule has 1 atom stereocenters. The second kappa shape index (κ2) is 10.4. The van der Waals surface area contributed by atoms with E-state index < -0.39 is 23.7 Å². The molecule has 192 valence electrons. The quantitative estimate of drug-likeness (QED) is 0.531. The molecule has 1 aliphatic rings. The molecule has 0 spiro atoms. The summed E-state index contributed by atoms with van der Waals surface area (Å²) in [6, 6.07) is 14.4. The van der Waals surface area contributed by atoms with Crippen LogP contribution >= 0.6 is 0 Å².